The number of unbranched alkanes of at least 4 members (excludes halogenated alkanes) is 2. The van der Waals surface area contributed by atoms with Gasteiger partial charge >= 0.3 is 5.97 Å². The molecule has 5 nitrogen and oxygen atoms in total. The minimum Gasteiger partial charge on any atom is -0.478 e. The number of carboxylic acids is 1. The maximum Gasteiger partial charge on any atom is 0.335 e. The van der Waals surface area contributed by atoms with Gasteiger partial charge in [0.1, 0.15) is 12.4 Å². The molecule has 1 aromatic carbocycles. The van der Waals surface area contributed by atoms with Gasteiger partial charge in [0.05, 0.1) is 11.3 Å². The molecule has 0 aliphatic carbocycles. The topological polar surface area (TPSA) is 75.6 Å². The number of rotatable bonds is 8. The Morgan fingerprint density at radius 2 is 2.10 bits per heavy atom. The number of carbonyl (C=O) groups excluding carboxylic acids is 1. The molecule has 0 spiro atoms. The first-order valence-corrected chi connectivity index (χ1v) is 6.45. The standard InChI is InChI=1S/C14H18FNO4/c1-2-3-4-7-20-9-13(17)16-12-8-10(14(18)19)5-6-11(12)15/h5-6,8H,2-4,7,9H2,1H3,(H,16,17)(H,18,19). The Balaban J connectivity index is 2.49. The Hall–Kier alpha value is -1.95. The van der Waals surface area contributed by atoms with Crippen LogP contribution in [-0.2, 0) is 9.53 Å². The summed E-state index contributed by atoms with van der Waals surface area (Å²) in [5.41, 5.74) is -0.252. The highest BCUT2D eigenvalue weighted by Crippen LogP contribution is 2.16. The number of anilines is 1. The molecule has 0 aliphatic rings. The molecule has 0 bridgehead atoms. The average Bonchev–Trinajstić information content (AvgIpc) is 2.40. The van der Waals surface area contributed by atoms with Crippen molar-refractivity contribution in [2.75, 3.05) is 18.5 Å². The third-order valence-corrected chi connectivity index (χ3v) is 2.61. The van der Waals surface area contributed by atoms with Crippen molar-refractivity contribution >= 4 is 17.6 Å². The van der Waals surface area contributed by atoms with Gasteiger partial charge in [0.25, 0.3) is 0 Å². The van der Waals surface area contributed by atoms with Crippen LogP contribution in [0.3, 0.4) is 0 Å². The van der Waals surface area contributed by atoms with Gasteiger partial charge in [-0.05, 0) is 24.6 Å². The number of benzene rings is 1. The third-order valence-electron chi connectivity index (χ3n) is 2.61. The maximum absolute atomic E-state index is 13.4. The molecule has 20 heavy (non-hydrogen) atoms. The number of hydrogen-bond donors (Lipinski definition) is 2. The fraction of sp³-hybridized carbons (Fsp3) is 0.429. The van der Waals surface area contributed by atoms with Gasteiger partial charge in [-0.15, -0.1) is 0 Å². The van der Waals surface area contributed by atoms with Crippen LogP contribution >= 0.6 is 0 Å². The van der Waals surface area contributed by atoms with Crippen LogP contribution in [0.1, 0.15) is 36.5 Å². The van der Waals surface area contributed by atoms with Crippen LogP contribution in [0.25, 0.3) is 0 Å². The molecule has 2 N–H and O–H groups in total. The van der Waals surface area contributed by atoms with Crippen molar-refractivity contribution in [2.24, 2.45) is 0 Å². The van der Waals surface area contributed by atoms with Crippen LogP contribution in [0, 0.1) is 5.82 Å². The largest absolute Gasteiger partial charge is 0.478 e. The predicted molar refractivity (Wildman–Crippen MR) is 72.3 cm³/mol. The van der Waals surface area contributed by atoms with Crippen LogP contribution in [0.2, 0.25) is 0 Å². The van der Waals surface area contributed by atoms with E-state index in [-0.39, 0.29) is 17.9 Å². The first-order valence-electron chi connectivity index (χ1n) is 6.45. The smallest absolute Gasteiger partial charge is 0.335 e. The average molecular weight is 283 g/mol. The van der Waals surface area contributed by atoms with E-state index in [1.807, 2.05) is 0 Å². The molecule has 0 saturated heterocycles. The molecule has 1 aromatic rings. The van der Waals surface area contributed by atoms with Crippen molar-refractivity contribution in [1.29, 1.82) is 0 Å². The van der Waals surface area contributed by atoms with Crippen molar-refractivity contribution < 1.29 is 23.8 Å². The lowest BCUT2D eigenvalue weighted by atomic mass is 10.2. The Morgan fingerprint density at radius 1 is 1.35 bits per heavy atom. The van der Waals surface area contributed by atoms with E-state index in [1.54, 1.807) is 0 Å². The van der Waals surface area contributed by atoms with E-state index in [1.165, 1.54) is 0 Å². The minimum atomic E-state index is -1.18. The van der Waals surface area contributed by atoms with E-state index in [2.05, 4.69) is 12.2 Å². The number of aromatic carboxylic acids is 1. The fourth-order valence-corrected chi connectivity index (χ4v) is 1.56. The van der Waals surface area contributed by atoms with Crippen LogP contribution < -0.4 is 5.32 Å². The quantitative estimate of drug-likeness (QED) is 0.719. The van der Waals surface area contributed by atoms with Crippen molar-refractivity contribution in [1.82, 2.24) is 0 Å². The Kier molecular flexibility index (Phi) is 6.66. The highest BCUT2D eigenvalue weighted by Gasteiger charge is 2.11. The van der Waals surface area contributed by atoms with Crippen molar-refractivity contribution in [2.45, 2.75) is 26.2 Å². The van der Waals surface area contributed by atoms with Crippen LogP contribution in [0.15, 0.2) is 18.2 Å². The van der Waals surface area contributed by atoms with E-state index in [0.29, 0.717) is 6.61 Å². The lowest BCUT2D eigenvalue weighted by Crippen LogP contribution is -2.19. The molecule has 0 atom stereocenters. The zero-order chi connectivity index (χ0) is 15.0. The van der Waals surface area contributed by atoms with Gasteiger partial charge < -0.3 is 15.2 Å². The number of amides is 1. The van der Waals surface area contributed by atoms with E-state index >= 15 is 0 Å². The summed E-state index contributed by atoms with van der Waals surface area (Å²) in [5, 5.41) is 11.1. The molecule has 1 rings (SSSR count). The number of carbonyl (C=O) groups is 2. The number of carboxylic acid groups (broad SMARTS) is 1. The molecule has 0 saturated carbocycles. The second kappa shape index (κ2) is 8.27. The van der Waals surface area contributed by atoms with E-state index < -0.39 is 17.7 Å². The summed E-state index contributed by atoms with van der Waals surface area (Å²) in [7, 11) is 0. The Morgan fingerprint density at radius 3 is 2.75 bits per heavy atom. The number of ether oxygens (including phenoxy) is 1. The summed E-state index contributed by atoms with van der Waals surface area (Å²) in [6, 6.07) is 3.21. The van der Waals surface area contributed by atoms with Crippen molar-refractivity contribution in [3.63, 3.8) is 0 Å². The first kappa shape index (κ1) is 16.1. The maximum atomic E-state index is 13.4. The highest BCUT2D eigenvalue weighted by atomic mass is 19.1. The second-order valence-electron chi connectivity index (χ2n) is 4.31. The summed E-state index contributed by atoms with van der Waals surface area (Å²) < 4.78 is 18.6. The zero-order valence-electron chi connectivity index (χ0n) is 11.3. The molecule has 0 fully saturated rings. The van der Waals surface area contributed by atoms with Gasteiger partial charge in [0.2, 0.25) is 5.91 Å². The van der Waals surface area contributed by atoms with Crippen LogP contribution in [0.4, 0.5) is 10.1 Å². The van der Waals surface area contributed by atoms with Gasteiger partial charge in [-0.2, -0.15) is 0 Å². The molecule has 0 radical (unpaired) electrons. The summed E-state index contributed by atoms with van der Waals surface area (Å²) in [6.07, 6.45) is 2.95. The Labute approximate surface area is 116 Å². The van der Waals surface area contributed by atoms with Gasteiger partial charge in [0.15, 0.2) is 0 Å². The molecule has 0 aliphatic heterocycles. The third kappa shape index (κ3) is 5.36. The molecule has 1 amide bonds. The highest BCUT2D eigenvalue weighted by molar-refractivity contribution is 5.94. The zero-order valence-corrected chi connectivity index (χ0v) is 11.3. The van der Waals surface area contributed by atoms with E-state index in [0.717, 1.165) is 37.5 Å². The minimum absolute atomic E-state index is 0.0921. The fourth-order valence-electron chi connectivity index (χ4n) is 1.56. The molecular weight excluding hydrogens is 265 g/mol. The first-order chi connectivity index (χ1) is 9.54. The molecule has 0 heterocycles. The van der Waals surface area contributed by atoms with Crippen LogP contribution in [-0.4, -0.2) is 30.2 Å². The van der Waals surface area contributed by atoms with Gasteiger partial charge in [-0.25, -0.2) is 9.18 Å². The van der Waals surface area contributed by atoms with Crippen molar-refractivity contribution in [3.05, 3.63) is 29.6 Å². The van der Waals surface area contributed by atoms with Crippen LogP contribution in [0.5, 0.6) is 0 Å². The van der Waals surface area contributed by atoms with E-state index in [4.69, 9.17) is 9.84 Å². The molecule has 6 heteroatoms. The normalized spacial score (nSPS) is 10.3. The van der Waals surface area contributed by atoms with E-state index in [9.17, 15) is 14.0 Å². The van der Waals surface area contributed by atoms with Gasteiger partial charge in [0, 0.05) is 6.61 Å². The predicted octanol–water partition coefficient (Wildman–Crippen LogP) is 2.67. The summed E-state index contributed by atoms with van der Waals surface area (Å²) in [4.78, 5) is 22.3. The number of halogens is 1. The number of hydrogen-bond acceptors (Lipinski definition) is 3. The second-order valence-corrected chi connectivity index (χ2v) is 4.31. The lowest BCUT2D eigenvalue weighted by Gasteiger charge is -2.08. The monoisotopic (exact) mass is 283 g/mol. The van der Waals surface area contributed by atoms with Crippen molar-refractivity contribution in [3.8, 4) is 0 Å². The molecule has 0 unspecified atom stereocenters. The molecule has 110 valence electrons. The summed E-state index contributed by atoms with van der Waals surface area (Å²) in [5.74, 6) is -2.38. The molecular formula is C14H18FNO4. The SMILES string of the molecule is CCCCCOCC(=O)Nc1cc(C(=O)O)ccc1F. The Bertz CT molecular complexity index is 476. The summed E-state index contributed by atoms with van der Waals surface area (Å²) >= 11 is 0. The van der Waals surface area contributed by atoms with Gasteiger partial charge in [-0.3, -0.25) is 4.79 Å². The van der Waals surface area contributed by atoms with Gasteiger partial charge in [-0.1, -0.05) is 19.8 Å². The molecule has 0 aromatic heterocycles. The lowest BCUT2D eigenvalue weighted by molar-refractivity contribution is -0.120. The number of nitrogens with one attached hydrogen (secondary N) is 1. The summed E-state index contributed by atoms with van der Waals surface area (Å²) in [6.45, 7) is 2.35.